The summed E-state index contributed by atoms with van der Waals surface area (Å²) in [6, 6.07) is 11.1. The number of halogens is 1. The van der Waals surface area contributed by atoms with Crippen LogP contribution in [0, 0.1) is 6.92 Å². The Hall–Kier alpha value is -2.46. The van der Waals surface area contributed by atoms with Crippen LogP contribution >= 0.6 is 11.6 Å². The van der Waals surface area contributed by atoms with Crippen LogP contribution < -0.4 is 5.32 Å². The maximum Gasteiger partial charge on any atom is 0.253 e. The van der Waals surface area contributed by atoms with E-state index < -0.39 is 0 Å². The van der Waals surface area contributed by atoms with E-state index in [4.69, 9.17) is 11.6 Å². The van der Waals surface area contributed by atoms with Crippen molar-refractivity contribution in [2.24, 2.45) is 0 Å². The molecule has 110 valence electrons. The van der Waals surface area contributed by atoms with Crippen molar-refractivity contribution < 1.29 is 4.79 Å². The molecule has 2 heterocycles. The van der Waals surface area contributed by atoms with Gasteiger partial charge in [0.1, 0.15) is 0 Å². The second kappa shape index (κ2) is 6.12. The maximum absolute atomic E-state index is 12.4. The van der Waals surface area contributed by atoms with Crippen molar-refractivity contribution >= 4 is 28.4 Å². The van der Waals surface area contributed by atoms with Crippen LogP contribution in [-0.4, -0.2) is 15.9 Å². The normalized spacial score (nSPS) is 10.6. The molecule has 2 aromatic heterocycles. The van der Waals surface area contributed by atoms with Gasteiger partial charge in [-0.05, 0) is 30.7 Å². The van der Waals surface area contributed by atoms with Gasteiger partial charge in [-0.3, -0.25) is 14.8 Å². The average Bonchev–Trinajstić information content (AvgIpc) is 2.53. The van der Waals surface area contributed by atoms with Crippen molar-refractivity contribution in [2.45, 2.75) is 13.5 Å². The SMILES string of the molecule is Cc1nc2ccncc2cc1C(=O)NCc1ccccc1Cl. The maximum atomic E-state index is 12.4. The summed E-state index contributed by atoms with van der Waals surface area (Å²) in [4.78, 5) is 20.9. The highest BCUT2D eigenvalue weighted by atomic mass is 35.5. The monoisotopic (exact) mass is 311 g/mol. The number of fused-ring (bicyclic) bond motifs is 1. The summed E-state index contributed by atoms with van der Waals surface area (Å²) < 4.78 is 0. The Bertz CT molecular complexity index is 848. The molecule has 0 aliphatic carbocycles. The number of hydrogen-bond acceptors (Lipinski definition) is 3. The summed E-state index contributed by atoms with van der Waals surface area (Å²) in [6.45, 7) is 2.20. The lowest BCUT2D eigenvalue weighted by Gasteiger charge is -2.09. The highest BCUT2D eigenvalue weighted by Gasteiger charge is 2.12. The van der Waals surface area contributed by atoms with Crippen LogP contribution in [-0.2, 0) is 6.54 Å². The van der Waals surface area contributed by atoms with Gasteiger partial charge >= 0.3 is 0 Å². The van der Waals surface area contributed by atoms with Crippen molar-refractivity contribution in [1.29, 1.82) is 0 Å². The molecule has 1 aromatic carbocycles. The fourth-order valence-electron chi connectivity index (χ4n) is 2.26. The standard InChI is InChI=1S/C17H14ClN3O/c1-11-14(8-13-9-19-7-6-16(13)21-11)17(22)20-10-12-4-2-3-5-15(12)18/h2-9H,10H2,1H3,(H,20,22). The van der Waals surface area contributed by atoms with E-state index in [1.54, 1.807) is 18.5 Å². The number of carbonyl (C=O) groups is 1. The second-order valence-corrected chi connectivity index (χ2v) is 5.37. The van der Waals surface area contributed by atoms with E-state index >= 15 is 0 Å². The minimum atomic E-state index is -0.171. The van der Waals surface area contributed by atoms with E-state index in [0.717, 1.165) is 16.5 Å². The van der Waals surface area contributed by atoms with Crippen molar-refractivity contribution in [3.8, 4) is 0 Å². The molecule has 3 aromatic rings. The van der Waals surface area contributed by atoms with E-state index in [2.05, 4.69) is 15.3 Å². The Balaban J connectivity index is 1.83. The number of nitrogens with zero attached hydrogens (tertiary/aromatic N) is 2. The fourth-order valence-corrected chi connectivity index (χ4v) is 2.46. The number of rotatable bonds is 3. The van der Waals surface area contributed by atoms with Gasteiger partial charge in [-0.1, -0.05) is 29.8 Å². The van der Waals surface area contributed by atoms with Crippen LogP contribution in [0.15, 0.2) is 48.8 Å². The fraction of sp³-hybridized carbons (Fsp3) is 0.118. The Morgan fingerprint density at radius 3 is 2.91 bits per heavy atom. The number of aryl methyl sites for hydroxylation is 1. The lowest BCUT2D eigenvalue weighted by Crippen LogP contribution is -2.24. The first-order valence-corrected chi connectivity index (χ1v) is 7.26. The Morgan fingerprint density at radius 1 is 1.27 bits per heavy atom. The summed E-state index contributed by atoms with van der Waals surface area (Å²) >= 11 is 6.09. The summed E-state index contributed by atoms with van der Waals surface area (Å²) in [7, 11) is 0. The molecule has 0 bridgehead atoms. The van der Waals surface area contributed by atoms with Gasteiger partial charge in [0.15, 0.2) is 0 Å². The van der Waals surface area contributed by atoms with E-state index in [1.165, 1.54) is 0 Å². The van der Waals surface area contributed by atoms with Gasteiger partial charge in [-0.2, -0.15) is 0 Å². The molecule has 0 saturated heterocycles. The molecular weight excluding hydrogens is 298 g/mol. The second-order valence-electron chi connectivity index (χ2n) is 4.96. The van der Waals surface area contributed by atoms with Crippen molar-refractivity contribution in [1.82, 2.24) is 15.3 Å². The minimum absolute atomic E-state index is 0.171. The van der Waals surface area contributed by atoms with Crippen molar-refractivity contribution in [3.05, 3.63) is 70.6 Å². The van der Waals surface area contributed by atoms with Gasteiger partial charge in [-0.25, -0.2) is 0 Å². The van der Waals surface area contributed by atoms with Gasteiger partial charge in [0.25, 0.3) is 5.91 Å². The van der Waals surface area contributed by atoms with Crippen LogP contribution in [0.5, 0.6) is 0 Å². The molecule has 0 aliphatic rings. The molecule has 0 atom stereocenters. The van der Waals surface area contributed by atoms with Gasteiger partial charge in [0.05, 0.1) is 16.8 Å². The molecular formula is C17H14ClN3O. The summed E-state index contributed by atoms with van der Waals surface area (Å²) in [6.07, 6.45) is 3.39. The zero-order chi connectivity index (χ0) is 15.5. The zero-order valence-electron chi connectivity index (χ0n) is 12.0. The molecule has 0 aliphatic heterocycles. The number of carbonyl (C=O) groups excluding carboxylic acids is 1. The van der Waals surface area contributed by atoms with Gasteiger partial charge in [-0.15, -0.1) is 0 Å². The first-order valence-electron chi connectivity index (χ1n) is 6.88. The minimum Gasteiger partial charge on any atom is -0.348 e. The molecule has 1 amide bonds. The highest BCUT2D eigenvalue weighted by molar-refractivity contribution is 6.31. The Kier molecular flexibility index (Phi) is 4.02. The third kappa shape index (κ3) is 2.92. The topological polar surface area (TPSA) is 54.9 Å². The van der Waals surface area contributed by atoms with Crippen LogP contribution in [0.25, 0.3) is 10.9 Å². The van der Waals surface area contributed by atoms with E-state index in [9.17, 15) is 4.79 Å². The molecule has 1 N–H and O–H groups in total. The summed E-state index contributed by atoms with van der Waals surface area (Å²) in [5.41, 5.74) is 2.95. The predicted octanol–water partition coefficient (Wildman–Crippen LogP) is 3.52. The van der Waals surface area contributed by atoms with E-state index in [1.807, 2.05) is 37.3 Å². The van der Waals surface area contributed by atoms with Gasteiger partial charge < -0.3 is 5.32 Å². The highest BCUT2D eigenvalue weighted by Crippen LogP contribution is 2.17. The molecule has 0 spiro atoms. The van der Waals surface area contributed by atoms with Crippen molar-refractivity contribution in [2.75, 3.05) is 0 Å². The third-order valence-corrected chi connectivity index (χ3v) is 3.82. The number of nitrogens with one attached hydrogen (secondary N) is 1. The predicted molar refractivity (Wildman–Crippen MR) is 86.9 cm³/mol. The van der Waals surface area contributed by atoms with Crippen LogP contribution in [0.1, 0.15) is 21.6 Å². The first-order chi connectivity index (χ1) is 10.6. The lowest BCUT2D eigenvalue weighted by molar-refractivity contribution is 0.0950. The number of pyridine rings is 2. The average molecular weight is 312 g/mol. The largest absolute Gasteiger partial charge is 0.348 e. The molecule has 0 radical (unpaired) electrons. The quantitative estimate of drug-likeness (QED) is 0.805. The smallest absolute Gasteiger partial charge is 0.253 e. The molecule has 4 nitrogen and oxygen atoms in total. The molecule has 3 rings (SSSR count). The van der Waals surface area contributed by atoms with Crippen molar-refractivity contribution in [3.63, 3.8) is 0 Å². The summed E-state index contributed by atoms with van der Waals surface area (Å²) in [5, 5.41) is 4.36. The molecule has 0 fully saturated rings. The number of hydrogen-bond donors (Lipinski definition) is 1. The number of benzene rings is 1. The summed E-state index contributed by atoms with van der Waals surface area (Å²) in [5.74, 6) is -0.171. The number of aromatic nitrogens is 2. The lowest BCUT2D eigenvalue weighted by atomic mass is 10.1. The molecule has 5 heteroatoms. The Labute approximate surface area is 133 Å². The third-order valence-electron chi connectivity index (χ3n) is 3.45. The molecule has 0 saturated carbocycles. The molecule has 22 heavy (non-hydrogen) atoms. The van der Waals surface area contributed by atoms with Crippen LogP contribution in [0.4, 0.5) is 0 Å². The van der Waals surface area contributed by atoms with Gasteiger partial charge in [0, 0.05) is 29.3 Å². The van der Waals surface area contributed by atoms with E-state index in [-0.39, 0.29) is 5.91 Å². The Morgan fingerprint density at radius 2 is 2.09 bits per heavy atom. The first kappa shape index (κ1) is 14.5. The zero-order valence-corrected chi connectivity index (χ0v) is 12.8. The van der Waals surface area contributed by atoms with E-state index in [0.29, 0.717) is 22.8 Å². The number of amides is 1. The van der Waals surface area contributed by atoms with Crippen LogP contribution in [0.2, 0.25) is 5.02 Å². The molecule has 0 unspecified atom stereocenters. The van der Waals surface area contributed by atoms with Crippen LogP contribution in [0.3, 0.4) is 0 Å². The van der Waals surface area contributed by atoms with Gasteiger partial charge in [0.2, 0.25) is 0 Å².